The van der Waals surface area contributed by atoms with Gasteiger partial charge in [-0.05, 0) is 32.6 Å². The van der Waals surface area contributed by atoms with Gasteiger partial charge in [-0.2, -0.15) is 0 Å². The van der Waals surface area contributed by atoms with Gasteiger partial charge in [0.2, 0.25) is 5.91 Å². The van der Waals surface area contributed by atoms with Crippen molar-refractivity contribution in [2.45, 2.75) is 51.2 Å². The fraction of sp³-hybridized carbons (Fsp3) is 0.778. The fourth-order valence-corrected chi connectivity index (χ4v) is 3.97. The Morgan fingerprint density at radius 3 is 2.80 bits per heavy atom. The normalized spacial score (nSPS) is 26.4. The molecule has 1 amide bonds. The first kappa shape index (κ1) is 18.4. The van der Waals surface area contributed by atoms with Crippen molar-refractivity contribution in [2.75, 3.05) is 33.4 Å². The summed E-state index contributed by atoms with van der Waals surface area (Å²) in [5.74, 6) is 1.04. The summed E-state index contributed by atoms with van der Waals surface area (Å²) in [6.07, 6.45) is 5.64. The lowest BCUT2D eigenvalue weighted by Crippen LogP contribution is -2.47. The van der Waals surface area contributed by atoms with Crippen molar-refractivity contribution in [3.63, 3.8) is 0 Å². The molecule has 7 nitrogen and oxygen atoms in total. The van der Waals surface area contributed by atoms with Crippen LogP contribution in [-0.2, 0) is 16.1 Å². The molecule has 25 heavy (non-hydrogen) atoms. The lowest BCUT2D eigenvalue weighted by atomic mass is 10.00. The number of nitrogens with zero attached hydrogens (tertiary/aromatic N) is 3. The van der Waals surface area contributed by atoms with E-state index in [9.17, 15) is 4.79 Å². The number of likely N-dealkylation sites (tertiary alicyclic amines) is 1. The lowest BCUT2D eigenvalue weighted by molar-refractivity contribution is -0.135. The number of H-pyrrole nitrogens is 1. The molecule has 2 aliphatic heterocycles. The second kappa shape index (κ2) is 8.29. The first-order chi connectivity index (χ1) is 12.0. The zero-order chi connectivity index (χ0) is 17.8. The summed E-state index contributed by atoms with van der Waals surface area (Å²) in [4.78, 5) is 24.7. The van der Waals surface area contributed by atoms with Crippen LogP contribution < -0.4 is 5.73 Å². The van der Waals surface area contributed by atoms with Gasteiger partial charge in [-0.1, -0.05) is 0 Å². The van der Waals surface area contributed by atoms with Gasteiger partial charge in [0.15, 0.2) is 0 Å². The van der Waals surface area contributed by atoms with Crippen LogP contribution in [0, 0.1) is 12.8 Å². The van der Waals surface area contributed by atoms with E-state index in [1.807, 2.05) is 14.0 Å². The number of ether oxygens (including phenoxy) is 1. The number of hydrogen-bond donors (Lipinski definition) is 2. The standard InChI is InChI=1S/C18H31N5O2/c1-13-9-20-17(21-13)12-22(2)18(24)14-3-4-15(19)11-23(10-14)16-5-7-25-8-6-16/h9,14-16H,3-8,10-12,19H2,1-2H3,(H,20,21)/t14-,15+/m1/s1. The molecular formula is C18H31N5O2. The molecule has 1 aromatic heterocycles. The molecule has 0 spiro atoms. The van der Waals surface area contributed by atoms with Crippen molar-refractivity contribution in [2.24, 2.45) is 11.7 Å². The van der Waals surface area contributed by atoms with E-state index >= 15 is 0 Å². The van der Waals surface area contributed by atoms with Crippen LogP contribution in [0.3, 0.4) is 0 Å². The SMILES string of the molecule is Cc1cnc(CN(C)C(=O)[C@@H]2CC[C@H](N)CN(C3CCOCC3)C2)[nH]1. The van der Waals surface area contributed by atoms with E-state index in [2.05, 4.69) is 14.9 Å². The minimum Gasteiger partial charge on any atom is -0.381 e. The highest BCUT2D eigenvalue weighted by molar-refractivity contribution is 5.78. The summed E-state index contributed by atoms with van der Waals surface area (Å²) in [6.45, 7) is 5.80. The van der Waals surface area contributed by atoms with E-state index in [1.54, 1.807) is 11.1 Å². The number of carbonyl (C=O) groups is 1. The average molecular weight is 349 g/mol. The number of aryl methyl sites for hydroxylation is 1. The Kier molecular flexibility index (Phi) is 6.09. The highest BCUT2D eigenvalue weighted by Crippen LogP contribution is 2.24. The molecule has 140 valence electrons. The first-order valence-electron chi connectivity index (χ1n) is 9.35. The monoisotopic (exact) mass is 349 g/mol. The maximum atomic E-state index is 13.0. The zero-order valence-corrected chi connectivity index (χ0v) is 15.4. The van der Waals surface area contributed by atoms with Crippen LogP contribution in [0.1, 0.15) is 37.2 Å². The van der Waals surface area contributed by atoms with Crippen molar-refractivity contribution in [3.8, 4) is 0 Å². The Hall–Kier alpha value is -1.44. The highest BCUT2D eigenvalue weighted by Gasteiger charge is 2.32. The van der Waals surface area contributed by atoms with Crippen LogP contribution >= 0.6 is 0 Å². The molecule has 0 bridgehead atoms. The summed E-state index contributed by atoms with van der Waals surface area (Å²) in [6, 6.07) is 0.643. The number of imidazole rings is 1. The quantitative estimate of drug-likeness (QED) is 0.843. The number of aromatic nitrogens is 2. The van der Waals surface area contributed by atoms with Gasteiger partial charge in [0, 0.05) is 57.3 Å². The van der Waals surface area contributed by atoms with Crippen molar-refractivity contribution in [1.29, 1.82) is 0 Å². The second-order valence-corrected chi connectivity index (χ2v) is 7.54. The van der Waals surface area contributed by atoms with Gasteiger partial charge in [0.1, 0.15) is 5.82 Å². The number of carbonyl (C=O) groups excluding carboxylic acids is 1. The third kappa shape index (κ3) is 4.80. The third-order valence-corrected chi connectivity index (χ3v) is 5.38. The number of nitrogens with two attached hydrogens (primary N) is 1. The fourth-order valence-electron chi connectivity index (χ4n) is 3.97. The number of nitrogens with one attached hydrogen (secondary N) is 1. The molecule has 0 saturated carbocycles. The van der Waals surface area contributed by atoms with E-state index < -0.39 is 0 Å². The van der Waals surface area contributed by atoms with E-state index in [0.717, 1.165) is 63.5 Å². The van der Waals surface area contributed by atoms with Gasteiger partial charge in [0.25, 0.3) is 0 Å². The second-order valence-electron chi connectivity index (χ2n) is 7.54. The predicted octanol–water partition coefficient (Wildman–Crippen LogP) is 0.895. The summed E-state index contributed by atoms with van der Waals surface area (Å²) >= 11 is 0. The molecule has 0 aromatic carbocycles. The minimum absolute atomic E-state index is 0.0115. The Morgan fingerprint density at radius 2 is 2.12 bits per heavy atom. The third-order valence-electron chi connectivity index (χ3n) is 5.38. The smallest absolute Gasteiger partial charge is 0.227 e. The lowest BCUT2D eigenvalue weighted by Gasteiger charge is -2.36. The summed E-state index contributed by atoms with van der Waals surface area (Å²) in [5.41, 5.74) is 7.30. The Morgan fingerprint density at radius 1 is 1.36 bits per heavy atom. The van der Waals surface area contributed by atoms with Crippen LogP contribution in [0.15, 0.2) is 6.20 Å². The van der Waals surface area contributed by atoms with Crippen LogP contribution in [0.4, 0.5) is 0 Å². The number of amides is 1. The molecule has 0 radical (unpaired) electrons. The topological polar surface area (TPSA) is 87.5 Å². The summed E-state index contributed by atoms with van der Waals surface area (Å²) < 4.78 is 5.49. The van der Waals surface area contributed by atoms with Crippen LogP contribution in [0.25, 0.3) is 0 Å². The average Bonchev–Trinajstić information content (AvgIpc) is 2.91. The van der Waals surface area contributed by atoms with Crippen LogP contribution in [-0.4, -0.2) is 71.1 Å². The van der Waals surface area contributed by atoms with Gasteiger partial charge in [-0.25, -0.2) is 4.98 Å². The highest BCUT2D eigenvalue weighted by atomic mass is 16.5. The Balaban J connectivity index is 1.63. The molecule has 0 unspecified atom stereocenters. The Bertz CT molecular complexity index is 570. The zero-order valence-electron chi connectivity index (χ0n) is 15.4. The van der Waals surface area contributed by atoms with Crippen molar-refractivity contribution in [3.05, 3.63) is 17.7 Å². The van der Waals surface area contributed by atoms with E-state index in [0.29, 0.717) is 12.6 Å². The van der Waals surface area contributed by atoms with E-state index in [1.165, 1.54) is 0 Å². The van der Waals surface area contributed by atoms with Gasteiger partial charge in [-0.15, -0.1) is 0 Å². The Labute approximate surface area is 149 Å². The molecule has 2 saturated heterocycles. The number of rotatable bonds is 4. The molecule has 1 aromatic rings. The summed E-state index contributed by atoms with van der Waals surface area (Å²) in [7, 11) is 1.86. The molecule has 2 fully saturated rings. The van der Waals surface area contributed by atoms with Gasteiger partial charge in [-0.3, -0.25) is 9.69 Å². The molecule has 3 N–H and O–H groups in total. The van der Waals surface area contributed by atoms with Crippen molar-refractivity contribution < 1.29 is 9.53 Å². The molecule has 2 aliphatic rings. The number of aromatic amines is 1. The predicted molar refractivity (Wildman–Crippen MR) is 95.9 cm³/mol. The minimum atomic E-state index is 0.0115. The largest absolute Gasteiger partial charge is 0.381 e. The van der Waals surface area contributed by atoms with E-state index in [4.69, 9.17) is 10.5 Å². The van der Waals surface area contributed by atoms with Gasteiger partial charge < -0.3 is 20.4 Å². The van der Waals surface area contributed by atoms with Crippen molar-refractivity contribution >= 4 is 5.91 Å². The van der Waals surface area contributed by atoms with Crippen LogP contribution in [0.2, 0.25) is 0 Å². The van der Waals surface area contributed by atoms with Crippen LogP contribution in [0.5, 0.6) is 0 Å². The maximum absolute atomic E-state index is 13.0. The first-order valence-corrected chi connectivity index (χ1v) is 9.35. The molecule has 0 aliphatic carbocycles. The maximum Gasteiger partial charge on any atom is 0.227 e. The molecule has 2 atom stereocenters. The van der Waals surface area contributed by atoms with Crippen molar-refractivity contribution in [1.82, 2.24) is 19.8 Å². The summed E-state index contributed by atoms with van der Waals surface area (Å²) in [5, 5.41) is 0. The van der Waals surface area contributed by atoms with Gasteiger partial charge in [0.05, 0.1) is 12.5 Å². The molecular weight excluding hydrogens is 318 g/mol. The molecule has 3 rings (SSSR count). The molecule has 3 heterocycles. The van der Waals surface area contributed by atoms with Gasteiger partial charge >= 0.3 is 0 Å². The van der Waals surface area contributed by atoms with E-state index in [-0.39, 0.29) is 17.9 Å². The molecule has 7 heteroatoms. The number of hydrogen-bond acceptors (Lipinski definition) is 5.